The van der Waals surface area contributed by atoms with Crippen LogP contribution < -0.4 is 0 Å². The van der Waals surface area contributed by atoms with Gasteiger partial charge in [0.05, 0.1) is 11.7 Å². The lowest BCUT2D eigenvalue weighted by atomic mass is 9.98. The van der Waals surface area contributed by atoms with Crippen molar-refractivity contribution in [2.45, 2.75) is 32.0 Å². The number of aliphatic hydroxyl groups excluding tert-OH is 1. The van der Waals surface area contributed by atoms with Gasteiger partial charge in [0.2, 0.25) is 0 Å². The Morgan fingerprint density at radius 1 is 1.64 bits per heavy atom. The van der Waals surface area contributed by atoms with Gasteiger partial charge in [0.15, 0.2) is 0 Å². The lowest BCUT2D eigenvalue weighted by molar-refractivity contribution is -0.0773. The van der Waals surface area contributed by atoms with Crippen molar-refractivity contribution in [2.75, 3.05) is 7.11 Å². The Hall–Kier alpha value is -0.870. The van der Waals surface area contributed by atoms with Crippen LogP contribution in [-0.2, 0) is 18.2 Å². The summed E-state index contributed by atoms with van der Waals surface area (Å²) in [7, 11) is 3.51. The number of hydrogen-bond donors (Lipinski definition) is 1. The molecular weight excluding hydrogens is 180 g/mol. The summed E-state index contributed by atoms with van der Waals surface area (Å²) < 4.78 is 7.10. The Kier molecular flexibility index (Phi) is 3.29. The highest BCUT2D eigenvalue weighted by Crippen LogP contribution is 2.16. The second kappa shape index (κ2) is 4.11. The van der Waals surface area contributed by atoms with E-state index < -0.39 is 11.7 Å². The molecule has 0 saturated heterocycles. The molecule has 1 N–H and O–H groups in total. The molecule has 1 heterocycles. The van der Waals surface area contributed by atoms with Crippen molar-refractivity contribution in [3.8, 4) is 0 Å². The Labute approximate surface area is 84.5 Å². The van der Waals surface area contributed by atoms with E-state index in [1.165, 1.54) is 0 Å². The number of nitrogens with zero attached hydrogens (tertiary/aromatic N) is 2. The molecule has 14 heavy (non-hydrogen) atoms. The summed E-state index contributed by atoms with van der Waals surface area (Å²) in [6.07, 6.45) is 3.54. The summed E-state index contributed by atoms with van der Waals surface area (Å²) in [5, 5.41) is 9.89. The Balaban J connectivity index is 2.66. The molecule has 0 spiro atoms. The van der Waals surface area contributed by atoms with Crippen molar-refractivity contribution in [1.29, 1.82) is 0 Å². The van der Waals surface area contributed by atoms with Crippen molar-refractivity contribution < 1.29 is 9.84 Å². The lowest BCUT2D eigenvalue weighted by Gasteiger charge is -2.28. The zero-order chi connectivity index (χ0) is 10.8. The molecule has 0 fully saturated rings. The Bertz CT molecular complexity index is 294. The van der Waals surface area contributed by atoms with Crippen LogP contribution in [0.4, 0.5) is 0 Å². The van der Waals surface area contributed by atoms with E-state index in [1.54, 1.807) is 13.3 Å². The van der Waals surface area contributed by atoms with E-state index in [2.05, 4.69) is 4.98 Å². The van der Waals surface area contributed by atoms with Crippen LogP contribution in [0.2, 0.25) is 0 Å². The first-order valence-corrected chi connectivity index (χ1v) is 4.67. The average Bonchev–Trinajstić information content (AvgIpc) is 2.52. The van der Waals surface area contributed by atoms with Crippen molar-refractivity contribution in [3.63, 3.8) is 0 Å². The minimum Gasteiger partial charge on any atom is -0.390 e. The van der Waals surface area contributed by atoms with Gasteiger partial charge in [-0.25, -0.2) is 4.98 Å². The predicted octanol–water partition coefficient (Wildman–Crippen LogP) is 0.748. The number of rotatable bonds is 4. The molecule has 0 radical (unpaired) electrons. The number of aromatic nitrogens is 2. The fraction of sp³-hybridized carbons (Fsp3) is 0.700. The number of imidazole rings is 1. The van der Waals surface area contributed by atoms with E-state index in [0.29, 0.717) is 6.42 Å². The molecule has 1 aromatic rings. The molecule has 0 aliphatic carbocycles. The van der Waals surface area contributed by atoms with Crippen LogP contribution in [0.1, 0.15) is 19.7 Å². The van der Waals surface area contributed by atoms with Crippen LogP contribution in [0, 0.1) is 0 Å². The first-order valence-electron chi connectivity index (χ1n) is 4.67. The highest BCUT2D eigenvalue weighted by Gasteiger charge is 2.28. The van der Waals surface area contributed by atoms with Gasteiger partial charge in [-0.1, -0.05) is 0 Å². The predicted molar refractivity (Wildman–Crippen MR) is 54.0 cm³/mol. The van der Waals surface area contributed by atoms with Crippen LogP contribution in [-0.4, -0.2) is 33.5 Å². The van der Waals surface area contributed by atoms with Crippen LogP contribution in [0.5, 0.6) is 0 Å². The number of aliphatic hydroxyl groups is 1. The summed E-state index contributed by atoms with van der Waals surface area (Å²) in [5.74, 6) is 0.864. The van der Waals surface area contributed by atoms with Crippen LogP contribution in [0.25, 0.3) is 0 Å². The molecule has 80 valence electrons. The Morgan fingerprint density at radius 3 is 2.71 bits per heavy atom. The fourth-order valence-corrected chi connectivity index (χ4v) is 1.15. The van der Waals surface area contributed by atoms with E-state index in [-0.39, 0.29) is 0 Å². The average molecular weight is 198 g/mol. The van der Waals surface area contributed by atoms with E-state index in [0.717, 1.165) is 5.82 Å². The monoisotopic (exact) mass is 198 g/mol. The summed E-state index contributed by atoms with van der Waals surface area (Å²) in [6, 6.07) is 0. The van der Waals surface area contributed by atoms with Crippen molar-refractivity contribution in [2.24, 2.45) is 7.05 Å². The lowest BCUT2D eigenvalue weighted by Crippen LogP contribution is -2.40. The maximum atomic E-state index is 9.89. The SMILES string of the molecule is COC(C)(C)C(O)Cc1nccn1C. The molecule has 1 atom stereocenters. The fourth-order valence-electron chi connectivity index (χ4n) is 1.15. The highest BCUT2D eigenvalue weighted by molar-refractivity contribution is 4.96. The summed E-state index contributed by atoms with van der Waals surface area (Å²) >= 11 is 0. The molecule has 1 aromatic heterocycles. The second-order valence-electron chi connectivity index (χ2n) is 3.98. The Morgan fingerprint density at radius 2 is 2.29 bits per heavy atom. The van der Waals surface area contributed by atoms with E-state index >= 15 is 0 Å². The van der Waals surface area contributed by atoms with Crippen molar-refractivity contribution in [1.82, 2.24) is 9.55 Å². The third-order valence-electron chi connectivity index (χ3n) is 2.63. The smallest absolute Gasteiger partial charge is 0.111 e. The van der Waals surface area contributed by atoms with Crippen LogP contribution >= 0.6 is 0 Å². The minimum absolute atomic E-state index is 0.504. The van der Waals surface area contributed by atoms with Gasteiger partial charge in [0.25, 0.3) is 0 Å². The van der Waals surface area contributed by atoms with Gasteiger partial charge < -0.3 is 14.4 Å². The number of hydrogen-bond acceptors (Lipinski definition) is 3. The standard InChI is InChI=1S/C10H18N2O2/c1-10(2,14-4)8(13)7-9-11-5-6-12(9)3/h5-6,8,13H,7H2,1-4H3. The topological polar surface area (TPSA) is 47.3 Å². The second-order valence-corrected chi connectivity index (χ2v) is 3.98. The maximum absolute atomic E-state index is 9.89. The molecule has 0 saturated carbocycles. The van der Waals surface area contributed by atoms with Crippen LogP contribution in [0.15, 0.2) is 12.4 Å². The van der Waals surface area contributed by atoms with Gasteiger partial charge in [-0.15, -0.1) is 0 Å². The summed E-state index contributed by atoms with van der Waals surface area (Å²) in [4.78, 5) is 4.15. The molecule has 0 aromatic carbocycles. The van der Waals surface area contributed by atoms with Gasteiger partial charge in [-0.05, 0) is 13.8 Å². The normalized spacial score (nSPS) is 14.4. The third kappa shape index (κ3) is 2.33. The molecule has 0 aliphatic rings. The molecule has 0 aliphatic heterocycles. The van der Waals surface area contributed by atoms with E-state index in [9.17, 15) is 5.11 Å². The molecule has 4 nitrogen and oxygen atoms in total. The third-order valence-corrected chi connectivity index (χ3v) is 2.63. The van der Waals surface area contributed by atoms with Gasteiger partial charge in [-0.2, -0.15) is 0 Å². The van der Waals surface area contributed by atoms with E-state index in [4.69, 9.17) is 4.74 Å². The number of ether oxygens (including phenoxy) is 1. The van der Waals surface area contributed by atoms with Crippen molar-refractivity contribution in [3.05, 3.63) is 18.2 Å². The minimum atomic E-state index is -0.548. The van der Waals surface area contributed by atoms with Crippen LogP contribution in [0.3, 0.4) is 0 Å². The molecule has 4 heteroatoms. The van der Waals surface area contributed by atoms with Gasteiger partial charge >= 0.3 is 0 Å². The maximum Gasteiger partial charge on any atom is 0.111 e. The number of methoxy groups -OCH3 is 1. The highest BCUT2D eigenvalue weighted by atomic mass is 16.5. The van der Waals surface area contributed by atoms with Gasteiger partial charge in [0, 0.05) is 33.0 Å². The summed E-state index contributed by atoms with van der Waals surface area (Å²) in [6.45, 7) is 3.72. The quantitative estimate of drug-likeness (QED) is 0.776. The largest absolute Gasteiger partial charge is 0.390 e. The van der Waals surface area contributed by atoms with E-state index in [1.807, 2.05) is 31.7 Å². The zero-order valence-corrected chi connectivity index (χ0v) is 9.19. The molecule has 1 rings (SSSR count). The van der Waals surface area contributed by atoms with Crippen molar-refractivity contribution >= 4 is 0 Å². The molecule has 0 amide bonds. The summed E-state index contributed by atoms with van der Waals surface area (Å²) in [5.41, 5.74) is -0.536. The van der Waals surface area contributed by atoms with Gasteiger partial charge in [-0.3, -0.25) is 0 Å². The number of aryl methyl sites for hydroxylation is 1. The molecule has 1 unspecified atom stereocenters. The van der Waals surface area contributed by atoms with Gasteiger partial charge in [0.1, 0.15) is 5.82 Å². The first-order chi connectivity index (χ1) is 6.47. The molecular formula is C10H18N2O2. The zero-order valence-electron chi connectivity index (χ0n) is 9.19. The first kappa shape index (κ1) is 11.2. The molecule has 0 bridgehead atoms.